The van der Waals surface area contributed by atoms with Crippen LogP contribution >= 0.6 is 0 Å². The number of unbranched alkanes of at least 4 members (excludes halogenated alkanes) is 3. The lowest BCUT2D eigenvalue weighted by Gasteiger charge is -2.21. The maximum atomic E-state index is 12.7. The van der Waals surface area contributed by atoms with Crippen LogP contribution in [0.5, 0.6) is 0 Å². The lowest BCUT2D eigenvalue weighted by atomic mass is 10.0. The lowest BCUT2D eigenvalue weighted by molar-refractivity contribution is 0.0979. The molecule has 1 unspecified atom stereocenters. The Hall–Kier alpha value is -2.38. The van der Waals surface area contributed by atoms with Gasteiger partial charge in [0.15, 0.2) is 5.78 Å². The van der Waals surface area contributed by atoms with Crippen molar-refractivity contribution in [1.29, 1.82) is 0 Å². The number of rotatable bonds is 13. The van der Waals surface area contributed by atoms with Crippen LogP contribution in [0.2, 0.25) is 0 Å². The summed E-state index contributed by atoms with van der Waals surface area (Å²) in [5.41, 5.74) is 2.99. The molecule has 0 amide bonds. The summed E-state index contributed by atoms with van der Waals surface area (Å²) in [7, 11) is 0. The van der Waals surface area contributed by atoms with Gasteiger partial charge in [-0.25, -0.2) is 0 Å². The van der Waals surface area contributed by atoms with E-state index >= 15 is 0 Å². The highest BCUT2D eigenvalue weighted by Gasteiger charge is 2.16. The Kier molecular flexibility index (Phi) is 9.67. The van der Waals surface area contributed by atoms with Gasteiger partial charge in [-0.3, -0.25) is 9.00 Å². The van der Waals surface area contributed by atoms with Crippen molar-refractivity contribution in [2.24, 2.45) is 0 Å². The van der Waals surface area contributed by atoms with Gasteiger partial charge in [0, 0.05) is 35.5 Å². The van der Waals surface area contributed by atoms with Crippen molar-refractivity contribution in [3.63, 3.8) is 0 Å². The largest absolute Gasteiger partial charge is 0.755 e. The summed E-state index contributed by atoms with van der Waals surface area (Å²) in [6.07, 6.45) is 5.31. The molecule has 0 bridgehead atoms. The second-order valence-corrected chi connectivity index (χ2v) is 7.61. The van der Waals surface area contributed by atoms with E-state index in [0.29, 0.717) is 29.0 Å². The minimum atomic E-state index is -2.51. The Balaban J connectivity index is 2.42. The third-order valence-corrected chi connectivity index (χ3v) is 4.94. The van der Waals surface area contributed by atoms with Crippen LogP contribution in [0.3, 0.4) is 0 Å². The van der Waals surface area contributed by atoms with Crippen molar-refractivity contribution in [3.8, 4) is 0 Å². The first-order valence-electron chi connectivity index (χ1n) is 10.2. The molecule has 3 N–H and O–H groups in total. The summed E-state index contributed by atoms with van der Waals surface area (Å²) in [6.45, 7) is 4.93. The van der Waals surface area contributed by atoms with E-state index in [-0.39, 0.29) is 5.78 Å². The van der Waals surface area contributed by atoms with Crippen molar-refractivity contribution in [1.82, 2.24) is 0 Å². The van der Waals surface area contributed by atoms with Crippen molar-refractivity contribution in [2.45, 2.75) is 52.4 Å². The molecule has 6 nitrogen and oxygen atoms in total. The first-order valence-corrected chi connectivity index (χ1v) is 11.3. The molecule has 0 aliphatic rings. The van der Waals surface area contributed by atoms with Crippen LogP contribution in [0.15, 0.2) is 42.5 Å². The molecule has 0 saturated heterocycles. The number of hydrogen-bond acceptors (Lipinski definition) is 5. The second kappa shape index (κ2) is 12.2. The van der Waals surface area contributed by atoms with Crippen LogP contribution in [0, 0.1) is 0 Å². The van der Waals surface area contributed by atoms with Crippen LogP contribution < -0.4 is 15.4 Å². The smallest absolute Gasteiger partial charge is 0.163 e. The van der Waals surface area contributed by atoms with E-state index in [1.165, 1.54) is 0 Å². The standard InChI is InChI=1S/C22H31N3O3S/c1-3-5-8-13-21(26)17-15-19(23-14-6-4-2)22(20(16-17)25-29(27)28)24-18-11-9-7-10-12-18/h7,9-12,15-16,23-25H,3-6,8,13-14H2,1-2H3,(H,27,28)/p-1. The van der Waals surface area contributed by atoms with E-state index in [9.17, 15) is 13.6 Å². The number of Topliss-reactive ketones (excluding diaryl/α,β-unsaturated/α-hetero) is 1. The van der Waals surface area contributed by atoms with Crippen LogP contribution in [0.1, 0.15) is 62.7 Å². The average molecular weight is 417 g/mol. The second-order valence-electron chi connectivity index (χ2n) is 6.93. The highest BCUT2D eigenvalue weighted by molar-refractivity contribution is 7.80. The van der Waals surface area contributed by atoms with Crippen molar-refractivity contribution < 1.29 is 13.6 Å². The van der Waals surface area contributed by atoms with Crippen molar-refractivity contribution >= 4 is 39.8 Å². The van der Waals surface area contributed by atoms with E-state index in [0.717, 1.165) is 44.3 Å². The molecular weight excluding hydrogens is 386 g/mol. The van der Waals surface area contributed by atoms with Gasteiger partial charge in [0.1, 0.15) is 0 Å². The predicted molar refractivity (Wildman–Crippen MR) is 121 cm³/mol. The normalized spacial score (nSPS) is 11.7. The van der Waals surface area contributed by atoms with E-state index in [2.05, 4.69) is 29.2 Å². The number of anilines is 4. The molecule has 0 aliphatic carbocycles. The Morgan fingerprint density at radius 1 is 1.00 bits per heavy atom. The van der Waals surface area contributed by atoms with Crippen LogP contribution in [0.25, 0.3) is 0 Å². The van der Waals surface area contributed by atoms with Gasteiger partial charge < -0.3 is 19.9 Å². The molecule has 0 fully saturated rings. The zero-order valence-electron chi connectivity index (χ0n) is 17.1. The molecule has 1 atom stereocenters. The van der Waals surface area contributed by atoms with Gasteiger partial charge in [0.05, 0.1) is 17.1 Å². The molecular formula is C22H30N3O3S-. The highest BCUT2D eigenvalue weighted by atomic mass is 32.2. The van der Waals surface area contributed by atoms with Crippen LogP contribution in [-0.4, -0.2) is 21.1 Å². The molecule has 158 valence electrons. The number of carbonyl (C=O) groups excluding carboxylic acids is 1. The fourth-order valence-corrected chi connectivity index (χ4v) is 3.33. The fraction of sp³-hybridized carbons (Fsp3) is 0.409. The van der Waals surface area contributed by atoms with E-state index in [1.807, 2.05) is 36.4 Å². The lowest BCUT2D eigenvalue weighted by Crippen LogP contribution is -2.11. The SMILES string of the molecule is CCCCCC(=O)c1cc(NCCCC)c(Nc2ccccc2)c(NS(=O)[O-])c1. The van der Waals surface area contributed by atoms with Gasteiger partial charge in [-0.05, 0) is 37.1 Å². The molecule has 0 radical (unpaired) electrons. The molecule has 7 heteroatoms. The van der Waals surface area contributed by atoms with Gasteiger partial charge in [-0.15, -0.1) is 0 Å². The number of benzene rings is 2. The van der Waals surface area contributed by atoms with Crippen molar-refractivity contribution in [2.75, 3.05) is 21.9 Å². The summed E-state index contributed by atoms with van der Waals surface area (Å²) >= 11 is -2.51. The van der Waals surface area contributed by atoms with E-state index < -0.39 is 11.3 Å². The van der Waals surface area contributed by atoms with Crippen molar-refractivity contribution in [3.05, 3.63) is 48.0 Å². The minimum absolute atomic E-state index is 0.0167. The van der Waals surface area contributed by atoms with Gasteiger partial charge >= 0.3 is 0 Å². The third kappa shape index (κ3) is 7.51. The molecule has 0 spiro atoms. The maximum Gasteiger partial charge on any atom is 0.163 e. The van der Waals surface area contributed by atoms with Gasteiger partial charge in [0.2, 0.25) is 0 Å². The zero-order chi connectivity index (χ0) is 21.1. The first kappa shape index (κ1) is 22.9. The van der Waals surface area contributed by atoms with Crippen LogP contribution in [0.4, 0.5) is 22.7 Å². The summed E-state index contributed by atoms with van der Waals surface area (Å²) < 4.78 is 25.2. The number of hydrogen-bond donors (Lipinski definition) is 3. The number of para-hydroxylation sites is 1. The Labute approximate surface area is 175 Å². The third-order valence-electron chi connectivity index (χ3n) is 4.55. The monoisotopic (exact) mass is 416 g/mol. The minimum Gasteiger partial charge on any atom is -0.755 e. The molecule has 29 heavy (non-hydrogen) atoms. The van der Waals surface area contributed by atoms with Crippen LogP contribution in [-0.2, 0) is 11.3 Å². The predicted octanol–water partition coefficient (Wildman–Crippen LogP) is 5.61. The summed E-state index contributed by atoms with van der Waals surface area (Å²) in [4.78, 5) is 12.7. The van der Waals surface area contributed by atoms with E-state index in [4.69, 9.17) is 0 Å². The molecule has 0 aromatic heterocycles. The molecule has 0 saturated carbocycles. The highest BCUT2D eigenvalue weighted by Crippen LogP contribution is 2.36. The van der Waals surface area contributed by atoms with Gasteiger partial charge in [-0.1, -0.05) is 51.3 Å². The number of carbonyl (C=O) groups is 1. The summed E-state index contributed by atoms with van der Waals surface area (Å²) in [6, 6.07) is 12.9. The quantitative estimate of drug-likeness (QED) is 0.224. The van der Waals surface area contributed by atoms with E-state index in [1.54, 1.807) is 6.07 Å². The average Bonchev–Trinajstić information content (AvgIpc) is 2.70. The molecule has 0 heterocycles. The Morgan fingerprint density at radius 3 is 2.34 bits per heavy atom. The number of nitrogens with one attached hydrogen (secondary N) is 3. The molecule has 2 aromatic rings. The van der Waals surface area contributed by atoms with Gasteiger partial charge in [0.25, 0.3) is 0 Å². The maximum absolute atomic E-state index is 12.7. The van der Waals surface area contributed by atoms with Gasteiger partial charge in [-0.2, -0.15) is 0 Å². The Bertz CT molecular complexity index is 812. The topological polar surface area (TPSA) is 93.3 Å². The number of ketones is 1. The fourth-order valence-electron chi connectivity index (χ4n) is 2.99. The zero-order valence-corrected chi connectivity index (χ0v) is 17.9. The first-order chi connectivity index (χ1) is 14.0. The molecule has 0 aliphatic heterocycles. The molecule has 2 aromatic carbocycles. The molecule has 2 rings (SSSR count). The summed E-state index contributed by atoms with van der Waals surface area (Å²) in [5, 5.41) is 6.64. The Morgan fingerprint density at radius 2 is 1.69 bits per heavy atom. The summed E-state index contributed by atoms with van der Waals surface area (Å²) in [5.74, 6) is 0.0167.